The average molecular weight is 228 g/mol. The van der Waals surface area contributed by atoms with Crippen LogP contribution >= 0.6 is 0 Å². The lowest BCUT2D eigenvalue weighted by molar-refractivity contribution is 0.439. The zero-order valence-corrected chi connectivity index (χ0v) is 10.3. The Labute approximate surface area is 103 Å². The lowest BCUT2D eigenvalue weighted by Gasteiger charge is -2.24. The van der Waals surface area contributed by atoms with Crippen molar-refractivity contribution in [3.05, 3.63) is 29.8 Å². The topological polar surface area (TPSA) is 24.4 Å². The molecule has 2 aliphatic rings. The predicted molar refractivity (Wildman–Crippen MR) is 72.9 cm³/mol. The number of anilines is 1. The second-order valence-electron chi connectivity index (χ2n) is 5.07. The Balaban J connectivity index is 1.95. The molecule has 0 spiro atoms. The highest BCUT2D eigenvalue weighted by Crippen LogP contribution is 2.30. The molecule has 1 saturated carbocycles. The van der Waals surface area contributed by atoms with Crippen LogP contribution in [0.25, 0.3) is 0 Å². The first-order chi connectivity index (χ1) is 8.45. The number of rotatable bonds is 1. The molecule has 2 nitrogen and oxygen atoms in total. The van der Waals surface area contributed by atoms with Crippen LogP contribution in [-0.4, -0.2) is 18.8 Å². The van der Waals surface area contributed by atoms with Crippen molar-refractivity contribution in [3.63, 3.8) is 0 Å². The minimum absolute atomic E-state index is 0.699. The molecule has 0 amide bonds. The molecule has 0 aromatic heterocycles. The first-order valence-electron chi connectivity index (χ1n) is 6.83. The van der Waals surface area contributed by atoms with E-state index >= 15 is 0 Å². The van der Waals surface area contributed by atoms with Gasteiger partial charge in [-0.2, -0.15) is 0 Å². The van der Waals surface area contributed by atoms with E-state index in [-0.39, 0.29) is 0 Å². The van der Waals surface area contributed by atoms with Crippen molar-refractivity contribution in [2.24, 2.45) is 10.9 Å². The van der Waals surface area contributed by atoms with Gasteiger partial charge in [-0.3, -0.25) is 4.99 Å². The highest BCUT2D eigenvalue weighted by molar-refractivity contribution is 6.06. The Morgan fingerprint density at radius 3 is 2.76 bits per heavy atom. The maximum Gasteiger partial charge on any atom is 0.0566 e. The molecule has 0 radical (unpaired) electrons. The van der Waals surface area contributed by atoms with Crippen LogP contribution in [0.3, 0.4) is 0 Å². The molecule has 0 unspecified atom stereocenters. The SMILES string of the molecule is c1ccc2c(c1)NCCN=C2C1CCCCC1. The summed E-state index contributed by atoms with van der Waals surface area (Å²) in [5, 5.41) is 3.48. The number of benzene rings is 1. The maximum atomic E-state index is 4.84. The Kier molecular flexibility index (Phi) is 3.12. The minimum atomic E-state index is 0.699. The standard InChI is InChI=1S/C15H20N2/c1-2-6-12(7-3-1)15-13-8-4-5-9-14(13)16-10-11-17-15/h4-5,8-9,12,16H,1-3,6-7,10-11H2. The molecule has 2 heteroatoms. The van der Waals surface area contributed by atoms with E-state index in [0.29, 0.717) is 5.92 Å². The quantitative estimate of drug-likeness (QED) is 0.782. The molecular formula is C15H20N2. The van der Waals surface area contributed by atoms with Gasteiger partial charge in [0.15, 0.2) is 0 Å². The first-order valence-corrected chi connectivity index (χ1v) is 6.83. The summed E-state index contributed by atoms with van der Waals surface area (Å²) in [6, 6.07) is 8.64. The van der Waals surface area contributed by atoms with Crippen molar-refractivity contribution < 1.29 is 0 Å². The van der Waals surface area contributed by atoms with E-state index < -0.39 is 0 Å². The fourth-order valence-corrected chi connectivity index (χ4v) is 3.04. The van der Waals surface area contributed by atoms with Crippen molar-refractivity contribution in [3.8, 4) is 0 Å². The highest BCUT2D eigenvalue weighted by atomic mass is 14.9. The van der Waals surface area contributed by atoms with Gasteiger partial charge in [0, 0.05) is 29.4 Å². The zero-order chi connectivity index (χ0) is 11.5. The number of hydrogen-bond acceptors (Lipinski definition) is 2. The van der Waals surface area contributed by atoms with Crippen LogP contribution in [0.5, 0.6) is 0 Å². The van der Waals surface area contributed by atoms with E-state index in [1.807, 2.05) is 0 Å². The predicted octanol–water partition coefficient (Wildman–Crippen LogP) is 3.48. The van der Waals surface area contributed by atoms with E-state index in [1.165, 1.54) is 49.1 Å². The van der Waals surface area contributed by atoms with Gasteiger partial charge in [0.1, 0.15) is 0 Å². The van der Waals surface area contributed by atoms with Crippen molar-refractivity contribution in [2.45, 2.75) is 32.1 Å². The van der Waals surface area contributed by atoms with Gasteiger partial charge in [0.25, 0.3) is 0 Å². The van der Waals surface area contributed by atoms with Gasteiger partial charge < -0.3 is 5.32 Å². The van der Waals surface area contributed by atoms with Gasteiger partial charge in [0.2, 0.25) is 0 Å². The Morgan fingerprint density at radius 1 is 1.06 bits per heavy atom. The number of hydrogen-bond donors (Lipinski definition) is 1. The van der Waals surface area contributed by atoms with E-state index in [2.05, 4.69) is 29.6 Å². The van der Waals surface area contributed by atoms with Crippen LogP contribution in [-0.2, 0) is 0 Å². The van der Waals surface area contributed by atoms with Crippen molar-refractivity contribution in [2.75, 3.05) is 18.4 Å². The van der Waals surface area contributed by atoms with Gasteiger partial charge >= 0.3 is 0 Å². The molecule has 0 saturated heterocycles. The molecule has 1 aliphatic carbocycles. The molecule has 1 fully saturated rings. The van der Waals surface area contributed by atoms with Crippen molar-refractivity contribution in [1.82, 2.24) is 0 Å². The summed E-state index contributed by atoms with van der Waals surface area (Å²) in [6.45, 7) is 1.88. The molecule has 90 valence electrons. The molecule has 0 bridgehead atoms. The summed E-state index contributed by atoms with van der Waals surface area (Å²) in [7, 11) is 0. The molecule has 1 aromatic rings. The molecular weight excluding hydrogens is 208 g/mol. The van der Waals surface area contributed by atoms with Crippen LogP contribution in [0.2, 0.25) is 0 Å². The Hall–Kier alpha value is -1.31. The molecule has 1 heterocycles. The minimum Gasteiger partial charge on any atom is -0.383 e. The zero-order valence-electron chi connectivity index (χ0n) is 10.3. The molecule has 1 aliphatic heterocycles. The summed E-state index contributed by atoms with van der Waals surface area (Å²) in [5.41, 5.74) is 3.98. The second kappa shape index (κ2) is 4.91. The maximum absolute atomic E-state index is 4.84. The van der Waals surface area contributed by atoms with Gasteiger partial charge in [0.05, 0.1) is 6.54 Å². The molecule has 1 N–H and O–H groups in total. The summed E-state index contributed by atoms with van der Waals surface area (Å²) in [4.78, 5) is 4.84. The van der Waals surface area contributed by atoms with Crippen LogP contribution in [0.4, 0.5) is 5.69 Å². The fourth-order valence-electron chi connectivity index (χ4n) is 3.04. The summed E-state index contributed by atoms with van der Waals surface area (Å²) >= 11 is 0. The highest BCUT2D eigenvalue weighted by Gasteiger charge is 2.23. The third kappa shape index (κ3) is 2.21. The third-order valence-electron chi connectivity index (χ3n) is 3.90. The van der Waals surface area contributed by atoms with E-state index in [0.717, 1.165) is 13.1 Å². The van der Waals surface area contributed by atoms with Crippen LogP contribution < -0.4 is 5.32 Å². The first kappa shape index (κ1) is 10.8. The van der Waals surface area contributed by atoms with E-state index in [1.54, 1.807) is 0 Å². The summed E-state index contributed by atoms with van der Waals surface area (Å²) < 4.78 is 0. The second-order valence-corrected chi connectivity index (χ2v) is 5.07. The number of nitrogens with one attached hydrogen (secondary N) is 1. The molecule has 1 aromatic carbocycles. The van der Waals surface area contributed by atoms with Gasteiger partial charge in [-0.15, -0.1) is 0 Å². The Bertz CT molecular complexity index is 417. The molecule has 17 heavy (non-hydrogen) atoms. The lowest BCUT2D eigenvalue weighted by atomic mass is 9.83. The fraction of sp³-hybridized carbons (Fsp3) is 0.533. The monoisotopic (exact) mass is 228 g/mol. The average Bonchev–Trinajstić information content (AvgIpc) is 2.62. The summed E-state index contributed by atoms with van der Waals surface area (Å²) in [5.74, 6) is 0.699. The van der Waals surface area contributed by atoms with Crippen LogP contribution in [0.15, 0.2) is 29.3 Å². The molecule has 0 atom stereocenters. The number of benzodiazepines with no additional fused rings is 1. The van der Waals surface area contributed by atoms with E-state index in [9.17, 15) is 0 Å². The smallest absolute Gasteiger partial charge is 0.0566 e. The largest absolute Gasteiger partial charge is 0.383 e. The van der Waals surface area contributed by atoms with Crippen molar-refractivity contribution >= 4 is 11.4 Å². The third-order valence-corrected chi connectivity index (χ3v) is 3.90. The number of para-hydroxylation sites is 1. The number of nitrogens with zero attached hydrogens (tertiary/aromatic N) is 1. The molecule has 3 rings (SSSR count). The van der Waals surface area contributed by atoms with Crippen molar-refractivity contribution in [1.29, 1.82) is 0 Å². The lowest BCUT2D eigenvalue weighted by Crippen LogP contribution is -2.19. The van der Waals surface area contributed by atoms with Crippen LogP contribution in [0.1, 0.15) is 37.7 Å². The normalized spacial score (nSPS) is 21.1. The summed E-state index contributed by atoms with van der Waals surface area (Å²) in [6.07, 6.45) is 6.81. The number of fused-ring (bicyclic) bond motifs is 1. The van der Waals surface area contributed by atoms with Crippen LogP contribution in [0, 0.1) is 5.92 Å². The Morgan fingerprint density at radius 2 is 1.88 bits per heavy atom. The van der Waals surface area contributed by atoms with E-state index in [4.69, 9.17) is 4.99 Å². The van der Waals surface area contributed by atoms with Gasteiger partial charge in [-0.25, -0.2) is 0 Å². The number of aliphatic imine (C=N–C) groups is 1. The van der Waals surface area contributed by atoms with Gasteiger partial charge in [-0.1, -0.05) is 37.5 Å². The van der Waals surface area contributed by atoms with Gasteiger partial charge in [-0.05, 0) is 18.9 Å².